The number of hydrogen-bond acceptors (Lipinski definition) is 3. The molecule has 1 aliphatic rings. The van der Waals surface area contributed by atoms with E-state index in [-0.39, 0.29) is 17.9 Å². The highest BCUT2D eigenvalue weighted by atomic mass is 32.2. The predicted octanol–water partition coefficient (Wildman–Crippen LogP) is 4.79. The highest BCUT2D eigenvalue weighted by Crippen LogP contribution is 2.25. The number of rotatable bonds is 9. The first kappa shape index (κ1) is 24.2. The number of sulfonamides is 1. The van der Waals surface area contributed by atoms with E-state index >= 15 is 0 Å². The van der Waals surface area contributed by atoms with Gasteiger partial charge in [-0.15, -0.1) is 0 Å². The fourth-order valence-corrected chi connectivity index (χ4v) is 5.87. The van der Waals surface area contributed by atoms with Crippen LogP contribution in [0.3, 0.4) is 0 Å². The van der Waals surface area contributed by atoms with Crippen molar-refractivity contribution in [1.29, 1.82) is 0 Å². The Balaban J connectivity index is 1.35. The van der Waals surface area contributed by atoms with Crippen LogP contribution in [0, 0.1) is 0 Å². The van der Waals surface area contributed by atoms with Crippen molar-refractivity contribution >= 4 is 15.9 Å². The minimum atomic E-state index is -3.50. The Hall–Kier alpha value is -2.96. The summed E-state index contributed by atoms with van der Waals surface area (Å²) in [6, 6.07) is 26.5. The van der Waals surface area contributed by atoms with Gasteiger partial charge in [0.1, 0.15) is 0 Å². The fraction of sp³-hybridized carbons (Fsp3) is 0.321. The quantitative estimate of drug-likeness (QED) is 0.466. The van der Waals surface area contributed by atoms with Gasteiger partial charge in [0.15, 0.2) is 0 Å². The zero-order valence-corrected chi connectivity index (χ0v) is 20.1. The third-order valence-corrected chi connectivity index (χ3v) is 7.94. The molecular weight excluding hydrogens is 444 g/mol. The molecule has 1 fully saturated rings. The van der Waals surface area contributed by atoms with E-state index in [1.165, 1.54) is 6.42 Å². The Morgan fingerprint density at radius 2 is 1.35 bits per heavy atom. The van der Waals surface area contributed by atoms with Gasteiger partial charge < -0.3 is 5.32 Å². The van der Waals surface area contributed by atoms with Crippen molar-refractivity contribution in [3.63, 3.8) is 0 Å². The van der Waals surface area contributed by atoms with E-state index in [1.54, 1.807) is 12.1 Å². The zero-order valence-electron chi connectivity index (χ0n) is 19.3. The van der Waals surface area contributed by atoms with E-state index in [0.717, 1.165) is 42.4 Å². The van der Waals surface area contributed by atoms with Gasteiger partial charge in [-0.3, -0.25) is 4.79 Å². The van der Waals surface area contributed by atoms with Gasteiger partial charge in [0.25, 0.3) is 0 Å². The minimum Gasteiger partial charge on any atom is -0.355 e. The Kier molecular flexibility index (Phi) is 8.14. The first-order valence-electron chi connectivity index (χ1n) is 12.0. The van der Waals surface area contributed by atoms with Crippen LogP contribution in [-0.4, -0.2) is 26.9 Å². The number of nitrogens with one attached hydrogen (secondary N) is 2. The average molecular weight is 477 g/mol. The molecule has 3 aromatic carbocycles. The lowest BCUT2D eigenvalue weighted by Gasteiger charge is -2.22. The average Bonchev–Trinajstić information content (AvgIpc) is 2.86. The summed E-state index contributed by atoms with van der Waals surface area (Å²) in [7, 11) is -3.50. The summed E-state index contributed by atoms with van der Waals surface area (Å²) in [5.74, 6) is -0.422. The van der Waals surface area contributed by atoms with Crippen LogP contribution in [0.4, 0.5) is 0 Å². The maximum absolute atomic E-state index is 13.1. The molecule has 0 bridgehead atoms. The number of carbonyl (C=O) groups is 1. The van der Waals surface area contributed by atoms with E-state index in [9.17, 15) is 13.2 Å². The van der Waals surface area contributed by atoms with Crippen molar-refractivity contribution in [2.24, 2.45) is 0 Å². The van der Waals surface area contributed by atoms with Crippen molar-refractivity contribution in [2.75, 3.05) is 6.54 Å². The molecule has 1 amide bonds. The molecule has 0 radical (unpaired) electrons. The second-order valence-corrected chi connectivity index (χ2v) is 10.6. The standard InChI is InChI=1S/C28H32N2O3S/c31-28(27(23-10-4-1-5-11-23)24-12-6-2-7-13-24)29-21-20-22-16-18-26(19-17-22)34(32,33)30-25-14-8-3-9-15-25/h1-2,4-7,10-13,16-19,25,27,30H,3,8-9,14-15,20-21H2,(H,29,31). The molecule has 1 aliphatic carbocycles. The first-order chi connectivity index (χ1) is 16.5. The smallest absolute Gasteiger partial charge is 0.240 e. The van der Waals surface area contributed by atoms with Gasteiger partial charge in [-0.05, 0) is 48.1 Å². The molecule has 34 heavy (non-hydrogen) atoms. The maximum Gasteiger partial charge on any atom is 0.240 e. The van der Waals surface area contributed by atoms with Gasteiger partial charge in [-0.2, -0.15) is 0 Å². The molecule has 0 aromatic heterocycles. The third-order valence-electron chi connectivity index (χ3n) is 6.40. The Morgan fingerprint density at radius 3 is 1.91 bits per heavy atom. The van der Waals surface area contributed by atoms with Crippen molar-refractivity contribution in [3.05, 3.63) is 102 Å². The summed E-state index contributed by atoms with van der Waals surface area (Å²) in [6.45, 7) is 0.474. The molecule has 4 rings (SSSR count). The van der Waals surface area contributed by atoms with Crippen LogP contribution in [-0.2, 0) is 21.2 Å². The SMILES string of the molecule is O=C(NCCc1ccc(S(=O)(=O)NC2CCCCC2)cc1)C(c1ccccc1)c1ccccc1. The van der Waals surface area contributed by atoms with Crippen molar-refractivity contribution in [2.45, 2.75) is 55.4 Å². The zero-order chi connectivity index (χ0) is 23.8. The van der Waals surface area contributed by atoms with Crippen LogP contribution in [0.1, 0.15) is 54.7 Å². The molecule has 0 atom stereocenters. The molecule has 0 heterocycles. The van der Waals surface area contributed by atoms with E-state index < -0.39 is 10.0 Å². The number of hydrogen-bond donors (Lipinski definition) is 2. The molecule has 3 aromatic rings. The van der Waals surface area contributed by atoms with Crippen molar-refractivity contribution < 1.29 is 13.2 Å². The van der Waals surface area contributed by atoms with Gasteiger partial charge in [0.2, 0.25) is 15.9 Å². The van der Waals surface area contributed by atoms with Crippen molar-refractivity contribution in [3.8, 4) is 0 Å². The topological polar surface area (TPSA) is 75.3 Å². The van der Waals surface area contributed by atoms with E-state index in [2.05, 4.69) is 10.0 Å². The molecule has 0 aliphatic heterocycles. The molecule has 178 valence electrons. The molecule has 0 spiro atoms. The van der Waals surface area contributed by atoms with Crippen LogP contribution in [0.5, 0.6) is 0 Å². The second-order valence-electron chi connectivity index (χ2n) is 8.90. The first-order valence-corrected chi connectivity index (χ1v) is 13.5. The third kappa shape index (κ3) is 6.33. The molecule has 5 nitrogen and oxygen atoms in total. The lowest BCUT2D eigenvalue weighted by Crippen LogP contribution is -2.36. The normalized spacial score (nSPS) is 14.7. The summed E-state index contributed by atoms with van der Waals surface area (Å²) in [4.78, 5) is 13.4. The molecule has 0 unspecified atom stereocenters. The maximum atomic E-state index is 13.1. The second kappa shape index (κ2) is 11.4. The highest BCUT2D eigenvalue weighted by molar-refractivity contribution is 7.89. The van der Waals surface area contributed by atoms with Crippen LogP contribution < -0.4 is 10.0 Å². The highest BCUT2D eigenvalue weighted by Gasteiger charge is 2.23. The Morgan fingerprint density at radius 1 is 0.794 bits per heavy atom. The molecule has 0 saturated heterocycles. The fourth-order valence-electron chi connectivity index (χ4n) is 4.56. The van der Waals surface area contributed by atoms with Gasteiger partial charge in [-0.1, -0.05) is 92.1 Å². The van der Waals surface area contributed by atoms with Crippen LogP contribution in [0.2, 0.25) is 0 Å². The van der Waals surface area contributed by atoms with E-state index in [1.807, 2.05) is 72.8 Å². The molecular formula is C28H32N2O3S. The van der Waals surface area contributed by atoms with Crippen molar-refractivity contribution in [1.82, 2.24) is 10.0 Å². The monoisotopic (exact) mass is 476 g/mol. The molecule has 1 saturated carbocycles. The van der Waals surface area contributed by atoms with Gasteiger partial charge in [0, 0.05) is 12.6 Å². The minimum absolute atomic E-state index is 0.0378. The number of carbonyl (C=O) groups excluding carboxylic acids is 1. The predicted molar refractivity (Wildman–Crippen MR) is 135 cm³/mol. The van der Waals surface area contributed by atoms with Crippen LogP contribution in [0.15, 0.2) is 89.8 Å². The lowest BCUT2D eigenvalue weighted by atomic mass is 9.90. The molecule has 6 heteroatoms. The lowest BCUT2D eigenvalue weighted by molar-refractivity contribution is -0.121. The van der Waals surface area contributed by atoms with Gasteiger partial charge in [-0.25, -0.2) is 13.1 Å². The summed E-state index contributed by atoms with van der Waals surface area (Å²) < 4.78 is 28.2. The van der Waals surface area contributed by atoms with Gasteiger partial charge >= 0.3 is 0 Å². The Bertz CT molecular complexity index is 1120. The summed E-state index contributed by atoms with van der Waals surface area (Å²) in [5, 5.41) is 3.06. The summed E-state index contributed by atoms with van der Waals surface area (Å²) in [5.41, 5.74) is 2.88. The summed E-state index contributed by atoms with van der Waals surface area (Å²) >= 11 is 0. The van der Waals surface area contributed by atoms with E-state index in [4.69, 9.17) is 0 Å². The number of benzene rings is 3. The largest absolute Gasteiger partial charge is 0.355 e. The van der Waals surface area contributed by atoms with Crippen LogP contribution >= 0.6 is 0 Å². The van der Waals surface area contributed by atoms with E-state index in [0.29, 0.717) is 17.9 Å². The Labute approximate surface area is 202 Å². The molecule has 2 N–H and O–H groups in total. The van der Waals surface area contributed by atoms with Gasteiger partial charge in [0.05, 0.1) is 10.8 Å². The van der Waals surface area contributed by atoms with Crippen LogP contribution in [0.25, 0.3) is 0 Å². The number of amides is 1. The summed E-state index contributed by atoms with van der Waals surface area (Å²) in [6.07, 6.45) is 5.77.